The van der Waals surface area contributed by atoms with E-state index >= 15 is 0 Å². The van der Waals surface area contributed by atoms with E-state index in [1.54, 1.807) is 0 Å². The van der Waals surface area contributed by atoms with Crippen molar-refractivity contribution in [1.82, 2.24) is 14.7 Å². The highest BCUT2D eigenvalue weighted by atomic mass is 16.6. The zero-order valence-corrected chi connectivity index (χ0v) is 13.9. The summed E-state index contributed by atoms with van der Waals surface area (Å²) in [6, 6.07) is -2.17. The van der Waals surface area contributed by atoms with Crippen LogP contribution in [0.4, 0.5) is 9.59 Å². The topological polar surface area (TPSA) is 96.5 Å². The number of amides is 4. The number of esters is 2. The van der Waals surface area contributed by atoms with Gasteiger partial charge in [0.2, 0.25) is 0 Å². The number of urea groups is 2. The molecular formula is C13H23N3O6. The number of ether oxygens (including phenoxy) is 2. The second-order valence-corrected chi connectivity index (χ2v) is 4.91. The van der Waals surface area contributed by atoms with Gasteiger partial charge in [0.05, 0.1) is 7.11 Å². The summed E-state index contributed by atoms with van der Waals surface area (Å²) in [7, 11) is 6.84. The second-order valence-electron chi connectivity index (χ2n) is 4.91. The lowest BCUT2D eigenvalue weighted by molar-refractivity contribution is -0.167. The number of hydrogen-bond donors (Lipinski definition) is 0. The van der Waals surface area contributed by atoms with E-state index in [9.17, 15) is 19.2 Å². The molecular weight excluding hydrogens is 294 g/mol. The van der Waals surface area contributed by atoms with Crippen LogP contribution in [0.5, 0.6) is 0 Å². The van der Waals surface area contributed by atoms with Crippen molar-refractivity contribution in [3.8, 4) is 0 Å². The maximum absolute atomic E-state index is 12.1. The van der Waals surface area contributed by atoms with Gasteiger partial charge in [0.25, 0.3) is 0 Å². The van der Waals surface area contributed by atoms with Gasteiger partial charge in [-0.05, 0) is 13.8 Å². The van der Waals surface area contributed by atoms with E-state index in [0.717, 1.165) is 9.80 Å². The van der Waals surface area contributed by atoms with Crippen LogP contribution in [-0.2, 0) is 19.1 Å². The van der Waals surface area contributed by atoms with Gasteiger partial charge in [-0.2, -0.15) is 0 Å². The lowest BCUT2D eigenvalue weighted by Gasteiger charge is -2.29. The molecule has 0 N–H and O–H groups in total. The van der Waals surface area contributed by atoms with Crippen molar-refractivity contribution in [2.24, 2.45) is 0 Å². The minimum absolute atomic E-state index is 0.527. The number of methoxy groups -OCH3 is 1. The summed E-state index contributed by atoms with van der Waals surface area (Å²) in [6.45, 7) is 2.79. The minimum atomic E-state index is -1.08. The summed E-state index contributed by atoms with van der Waals surface area (Å²) in [4.78, 5) is 50.1. The molecule has 2 atom stereocenters. The van der Waals surface area contributed by atoms with E-state index in [2.05, 4.69) is 4.74 Å². The SMILES string of the molecule is COC(=O)[C@@H](C)OC(=O)[C@H](C)N(C)C(=O)N(C)C(=O)N(C)C. The molecule has 9 heteroatoms. The first-order chi connectivity index (χ1) is 10.0. The fraction of sp³-hybridized carbons (Fsp3) is 0.692. The molecule has 22 heavy (non-hydrogen) atoms. The summed E-state index contributed by atoms with van der Waals surface area (Å²) >= 11 is 0. The van der Waals surface area contributed by atoms with Crippen LogP contribution in [0.15, 0.2) is 0 Å². The highest BCUT2D eigenvalue weighted by Crippen LogP contribution is 2.06. The van der Waals surface area contributed by atoms with Gasteiger partial charge in [-0.3, -0.25) is 0 Å². The maximum Gasteiger partial charge on any atom is 0.346 e. The van der Waals surface area contributed by atoms with Gasteiger partial charge in [-0.15, -0.1) is 0 Å². The predicted molar refractivity (Wildman–Crippen MR) is 77.0 cm³/mol. The highest BCUT2D eigenvalue weighted by molar-refractivity contribution is 5.94. The van der Waals surface area contributed by atoms with Crippen molar-refractivity contribution < 1.29 is 28.7 Å². The smallest absolute Gasteiger partial charge is 0.346 e. The predicted octanol–water partition coefficient (Wildman–Crippen LogP) is 0.145. The van der Waals surface area contributed by atoms with Crippen molar-refractivity contribution in [1.29, 1.82) is 0 Å². The van der Waals surface area contributed by atoms with Crippen LogP contribution in [0, 0.1) is 0 Å². The molecule has 0 unspecified atom stereocenters. The third-order valence-corrected chi connectivity index (χ3v) is 3.01. The van der Waals surface area contributed by atoms with Crippen LogP contribution in [0.1, 0.15) is 13.8 Å². The van der Waals surface area contributed by atoms with Crippen LogP contribution in [-0.4, -0.2) is 86.1 Å². The largest absolute Gasteiger partial charge is 0.466 e. The lowest BCUT2D eigenvalue weighted by Crippen LogP contribution is -2.51. The molecule has 0 saturated heterocycles. The Morgan fingerprint density at radius 2 is 1.36 bits per heavy atom. The third kappa shape index (κ3) is 4.90. The van der Waals surface area contributed by atoms with Gasteiger partial charge in [-0.25, -0.2) is 24.1 Å². The molecule has 0 aliphatic rings. The molecule has 0 bridgehead atoms. The molecule has 126 valence electrons. The van der Waals surface area contributed by atoms with Crippen molar-refractivity contribution in [3.05, 3.63) is 0 Å². The van der Waals surface area contributed by atoms with Gasteiger partial charge in [-0.1, -0.05) is 0 Å². The van der Waals surface area contributed by atoms with Gasteiger partial charge < -0.3 is 19.3 Å². The molecule has 0 saturated carbocycles. The molecule has 4 amide bonds. The highest BCUT2D eigenvalue weighted by Gasteiger charge is 2.31. The monoisotopic (exact) mass is 317 g/mol. The number of imide groups is 1. The molecule has 9 nitrogen and oxygen atoms in total. The van der Waals surface area contributed by atoms with E-state index in [4.69, 9.17) is 4.74 Å². The standard InChI is InChI=1S/C13H23N3O6/c1-8(10(17)22-9(2)11(18)21-7)15(5)13(20)16(6)12(19)14(3)4/h8-9H,1-7H3/t8-,9+/m0/s1. The van der Waals surface area contributed by atoms with Crippen molar-refractivity contribution in [2.45, 2.75) is 26.0 Å². The molecule has 0 radical (unpaired) electrons. The summed E-state index contributed by atoms with van der Waals surface area (Å²) in [5.41, 5.74) is 0. The van der Waals surface area contributed by atoms with Gasteiger partial charge in [0, 0.05) is 28.2 Å². The van der Waals surface area contributed by atoms with Gasteiger partial charge >= 0.3 is 24.0 Å². The van der Waals surface area contributed by atoms with Crippen molar-refractivity contribution in [3.63, 3.8) is 0 Å². The van der Waals surface area contributed by atoms with Gasteiger partial charge in [0.15, 0.2) is 6.10 Å². The number of likely N-dealkylation sites (N-methyl/N-ethyl adjacent to an activating group) is 1. The number of rotatable bonds is 4. The van der Waals surface area contributed by atoms with E-state index in [1.165, 1.54) is 54.0 Å². The number of carbonyl (C=O) groups excluding carboxylic acids is 4. The Morgan fingerprint density at radius 3 is 1.77 bits per heavy atom. The second kappa shape index (κ2) is 8.20. The molecule has 0 fully saturated rings. The van der Waals surface area contributed by atoms with Crippen LogP contribution in [0.25, 0.3) is 0 Å². The molecule has 0 aromatic heterocycles. The molecule has 0 rings (SSSR count). The molecule has 0 aromatic rings. The first-order valence-corrected chi connectivity index (χ1v) is 6.54. The first kappa shape index (κ1) is 19.7. The Bertz CT molecular complexity index is 451. The van der Waals surface area contributed by atoms with Crippen LogP contribution in [0.3, 0.4) is 0 Å². The summed E-state index contributed by atoms with van der Waals surface area (Å²) in [5, 5.41) is 0. The minimum Gasteiger partial charge on any atom is -0.466 e. The number of carbonyl (C=O) groups is 4. The molecule has 0 aromatic carbocycles. The Kier molecular flexibility index (Phi) is 7.34. The van der Waals surface area contributed by atoms with E-state index < -0.39 is 36.1 Å². The van der Waals surface area contributed by atoms with Gasteiger partial charge in [0.1, 0.15) is 6.04 Å². The Labute approximate surface area is 129 Å². The van der Waals surface area contributed by atoms with E-state index in [1.807, 2.05) is 0 Å². The number of nitrogens with zero attached hydrogens (tertiary/aromatic N) is 3. The third-order valence-electron chi connectivity index (χ3n) is 3.01. The average molecular weight is 317 g/mol. The van der Waals surface area contributed by atoms with Crippen LogP contribution < -0.4 is 0 Å². The number of hydrogen-bond acceptors (Lipinski definition) is 6. The Balaban J connectivity index is 4.80. The fourth-order valence-corrected chi connectivity index (χ4v) is 1.43. The van der Waals surface area contributed by atoms with Crippen molar-refractivity contribution >= 4 is 24.0 Å². The first-order valence-electron chi connectivity index (χ1n) is 6.54. The average Bonchev–Trinajstić information content (AvgIpc) is 2.49. The summed E-state index contributed by atoms with van der Waals surface area (Å²) in [5.74, 6) is -1.48. The molecule has 0 heterocycles. The molecule has 0 aliphatic heterocycles. The quantitative estimate of drug-likeness (QED) is 0.685. The Hall–Kier alpha value is -2.32. The van der Waals surface area contributed by atoms with Crippen molar-refractivity contribution in [2.75, 3.05) is 35.3 Å². The maximum atomic E-state index is 12.1. The lowest BCUT2D eigenvalue weighted by atomic mass is 10.3. The van der Waals surface area contributed by atoms with E-state index in [-0.39, 0.29) is 0 Å². The normalized spacial score (nSPS) is 12.7. The molecule has 0 aliphatic carbocycles. The van der Waals surface area contributed by atoms with E-state index in [0.29, 0.717) is 0 Å². The molecule has 0 spiro atoms. The summed E-state index contributed by atoms with van der Waals surface area (Å²) < 4.78 is 9.34. The summed E-state index contributed by atoms with van der Waals surface area (Å²) in [6.07, 6.45) is -1.08. The fourth-order valence-electron chi connectivity index (χ4n) is 1.43. The zero-order chi connectivity index (χ0) is 17.6. The zero-order valence-electron chi connectivity index (χ0n) is 13.9. The van der Waals surface area contributed by atoms with Crippen LogP contribution in [0.2, 0.25) is 0 Å². The Morgan fingerprint density at radius 1 is 0.864 bits per heavy atom. The van der Waals surface area contributed by atoms with Crippen LogP contribution >= 0.6 is 0 Å².